The number of anilines is 1. The maximum absolute atomic E-state index is 12.5. The first-order valence-electron chi connectivity index (χ1n) is 7.65. The number of hydrogen-bond donors (Lipinski definition) is 1. The van der Waals surface area contributed by atoms with Crippen LogP contribution in [0.4, 0.5) is 10.1 Å². The molecule has 0 aliphatic carbocycles. The van der Waals surface area contributed by atoms with Crippen LogP contribution in [0.25, 0.3) is 0 Å². The summed E-state index contributed by atoms with van der Waals surface area (Å²) in [5, 5.41) is 7.92. The number of thiazole rings is 1. The van der Waals surface area contributed by atoms with Crippen molar-refractivity contribution in [3.05, 3.63) is 41.6 Å². The number of oxime groups is 1. The van der Waals surface area contributed by atoms with Crippen molar-refractivity contribution in [1.82, 2.24) is 10.3 Å². The van der Waals surface area contributed by atoms with E-state index in [0.717, 1.165) is 12.0 Å². The molecule has 2 aromatic rings. The van der Waals surface area contributed by atoms with Crippen LogP contribution in [-0.2, 0) is 16.1 Å². The van der Waals surface area contributed by atoms with Gasteiger partial charge >= 0.3 is 0 Å². The maximum atomic E-state index is 12.5. The summed E-state index contributed by atoms with van der Waals surface area (Å²) in [5.74, 6) is -0.363. The molecule has 0 radical (unpaired) electrons. The molecule has 7 nitrogen and oxygen atoms in total. The van der Waals surface area contributed by atoms with Gasteiger partial charge in [0.05, 0.1) is 0 Å². The molecular weight excluding hydrogens is 338 g/mol. The highest BCUT2D eigenvalue weighted by molar-refractivity contribution is 7.19. The molecule has 1 aromatic heterocycles. The molecule has 2 rings (SSSR count). The van der Waals surface area contributed by atoms with Crippen molar-refractivity contribution in [3.63, 3.8) is 0 Å². The molecule has 1 heterocycles. The lowest BCUT2D eigenvalue weighted by molar-refractivity contribution is -0.114. The summed E-state index contributed by atoms with van der Waals surface area (Å²) in [7, 11) is 5.11. The zero-order valence-electron chi connectivity index (χ0n) is 14.5. The van der Waals surface area contributed by atoms with Gasteiger partial charge in [0, 0.05) is 20.6 Å². The predicted molar refractivity (Wildman–Crippen MR) is 102 cm³/mol. The van der Waals surface area contributed by atoms with Crippen molar-refractivity contribution in [2.45, 2.75) is 6.42 Å². The Bertz CT molecular complexity index is 756. The third-order valence-electron chi connectivity index (χ3n) is 3.29. The number of hydrogen-bond acceptors (Lipinski definition) is 7. The number of aliphatic imine (C=N–C) groups is 1. The minimum Gasteiger partial charge on any atom is -0.398 e. The normalized spacial score (nSPS) is 11.1. The van der Waals surface area contributed by atoms with Crippen LogP contribution < -0.4 is 10.2 Å². The van der Waals surface area contributed by atoms with Crippen LogP contribution in [0.3, 0.4) is 0 Å². The summed E-state index contributed by atoms with van der Waals surface area (Å²) < 4.78 is 0. The highest BCUT2D eigenvalue weighted by atomic mass is 32.1. The lowest BCUT2D eigenvalue weighted by atomic mass is 10.1. The molecule has 8 heteroatoms. The van der Waals surface area contributed by atoms with E-state index in [1.54, 1.807) is 0 Å². The lowest BCUT2D eigenvalue weighted by Crippen LogP contribution is -2.33. The lowest BCUT2D eigenvalue weighted by Gasteiger charge is -2.07. The third-order valence-corrected chi connectivity index (χ3v) is 4.44. The van der Waals surface area contributed by atoms with Gasteiger partial charge < -0.3 is 15.1 Å². The topological polar surface area (TPSA) is 79.2 Å². The SMILES string of the molecule is C=Nc1sc(N(C)C)nc1C(=NOC)C(=O)NCCc1ccccc1. The predicted octanol–water partition coefficient (Wildman–Crippen LogP) is 2.25. The van der Waals surface area contributed by atoms with Gasteiger partial charge in [0.15, 0.2) is 10.8 Å². The molecule has 25 heavy (non-hydrogen) atoms. The van der Waals surface area contributed by atoms with Crippen LogP contribution in [-0.4, -0.2) is 51.1 Å². The molecule has 0 spiro atoms. The largest absolute Gasteiger partial charge is 0.398 e. The number of carbonyl (C=O) groups is 1. The quantitative estimate of drug-likeness (QED) is 0.579. The van der Waals surface area contributed by atoms with Crippen molar-refractivity contribution >= 4 is 39.8 Å². The Kier molecular flexibility index (Phi) is 6.64. The average molecular weight is 359 g/mol. The summed E-state index contributed by atoms with van der Waals surface area (Å²) in [6.45, 7) is 4.02. The van der Waals surface area contributed by atoms with E-state index in [1.807, 2.05) is 49.3 Å². The van der Waals surface area contributed by atoms with Gasteiger partial charge in [-0.25, -0.2) is 4.98 Å². The number of aromatic nitrogens is 1. The third kappa shape index (κ3) is 4.87. The fraction of sp³-hybridized carbons (Fsp3) is 0.294. The number of amides is 1. The fourth-order valence-corrected chi connectivity index (χ4v) is 2.88. The van der Waals surface area contributed by atoms with E-state index in [2.05, 4.69) is 27.2 Å². The van der Waals surface area contributed by atoms with Crippen LogP contribution in [0.15, 0.2) is 40.5 Å². The minimum atomic E-state index is -0.363. The molecule has 1 aromatic carbocycles. The van der Waals surface area contributed by atoms with Crippen molar-refractivity contribution in [2.75, 3.05) is 32.6 Å². The van der Waals surface area contributed by atoms with Crippen LogP contribution in [0.2, 0.25) is 0 Å². The second kappa shape index (κ2) is 8.93. The summed E-state index contributed by atoms with van der Waals surface area (Å²) >= 11 is 1.33. The molecule has 0 fully saturated rings. The Morgan fingerprint density at radius 3 is 2.68 bits per heavy atom. The Labute approximate surface area is 151 Å². The van der Waals surface area contributed by atoms with Gasteiger partial charge in [-0.05, 0) is 18.7 Å². The standard InChI is InChI=1S/C17H21N5O2S/c1-18-16-14(20-17(25-16)22(2)3)13(21-24-4)15(23)19-11-10-12-8-6-5-7-9-12/h5-9H,1,10-11H2,2-4H3,(H,19,23). The van der Waals surface area contributed by atoms with Crippen LogP contribution in [0.1, 0.15) is 11.3 Å². The van der Waals surface area contributed by atoms with Gasteiger partial charge in [0.1, 0.15) is 17.8 Å². The first-order valence-corrected chi connectivity index (χ1v) is 8.47. The van der Waals surface area contributed by atoms with E-state index in [9.17, 15) is 4.79 Å². The molecule has 0 unspecified atom stereocenters. The molecule has 0 saturated heterocycles. The summed E-state index contributed by atoms with van der Waals surface area (Å²) in [6.07, 6.45) is 0.722. The van der Waals surface area contributed by atoms with Gasteiger partial charge in [-0.3, -0.25) is 9.79 Å². The zero-order chi connectivity index (χ0) is 18.2. The molecule has 0 aliphatic heterocycles. The van der Waals surface area contributed by atoms with Crippen LogP contribution in [0, 0.1) is 0 Å². The Morgan fingerprint density at radius 1 is 1.36 bits per heavy atom. The zero-order valence-corrected chi connectivity index (χ0v) is 15.3. The first-order chi connectivity index (χ1) is 12.1. The van der Waals surface area contributed by atoms with E-state index < -0.39 is 0 Å². The smallest absolute Gasteiger partial charge is 0.275 e. The van der Waals surface area contributed by atoms with Gasteiger partial charge in [-0.2, -0.15) is 0 Å². The van der Waals surface area contributed by atoms with Gasteiger partial charge in [-0.15, -0.1) is 0 Å². The van der Waals surface area contributed by atoms with Gasteiger partial charge in [-0.1, -0.05) is 46.8 Å². The Hall–Kier alpha value is -2.74. The first kappa shape index (κ1) is 18.6. The van der Waals surface area contributed by atoms with Crippen molar-refractivity contribution in [2.24, 2.45) is 10.1 Å². The summed E-state index contributed by atoms with van der Waals surface area (Å²) in [4.78, 5) is 27.6. The van der Waals surface area contributed by atoms with E-state index in [0.29, 0.717) is 22.4 Å². The van der Waals surface area contributed by atoms with E-state index in [4.69, 9.17) is 4.84 Å². The van der Waals surface area contributed by atoms with Crippen LogP contribution in [0.5, 0.6) is 0 Å². The Morgan fingerprint density at radius 2 is 2.08 bits per heavy atom. The molecular formula is C17H21N5O2S. The number of rotatable bonds is 8. The average Bonchev–Trinajstić information content (AvgIpc) is 3.04. The molecule has 0 bridgehead atoms. The Balaban J connectivity index is 2.13. The van der Waals surface area contributed by atoms with Gasteiger partial charge in [0.25, 0.3) is 5.91 Å². The van der Waals surface area contributed by atoms with Crippen molar-refractivity contribution in [3.8, 4) is 0 Å². The second-order valence-corrected chi connectivity index (χ2v) is 6.27. The van der Waals surface area contributed by atoms with E-state index in [1.165, 1.54) is 18.4 Å². The molecule has 1 N–H and O–H groups in total. The van der Waals surface area contributed by atoms with Crippen LogP contribution >= 0.6 is 11.3 Å². The second-order valence-electron chi connectivity index (χ2n) is 5.32. The van der Waals surface area contributed by atoms with Crippen molar-refractivity contribution in [1.29, 1.82) is 0 Å². The molecule has 132 valence electrons. The van der Waals surface area contributed by atoms with Gasteiger partial charge in [0.2, 0.25) is 0 Å². The molecule has 0 atom stereocenters. The minimum absolute atomic E-state index is 0.0855. The molecule has 1 amide bonds. The number of carbonyl (C=O) groups excluding carboxylic acids is 1. The maximum Gasteiger partial charge on any atom is 0.275 e. The number of nitrogens with zero attached hydrogens (tertiary/aromatic N) is 4. The van der Waals surface area contributed by atoms with E-state index >= 15 is 0 Å². The van der Waals surface area contributed by atoms with E-state index in [-0.39, 0.29) is 11.6 Å². The highest BCUT2D eigenvalue weighted by Gasteiger charge is 2.23. The van der Waals surface area contributed by atoms with Crippen molar-refractivity contribution < 1.29 is 9.63 Å². The number of benzene rings is 1. The molecule has 0 saturated carbocycles. The molecule has 0 aliphatic rings. The summed E-state index contributed by atoms with van der Waals surface area (Å²) in [6, 6.07) is 9.92. The summed E-state index contributed by atoms with van der Waals surface area (Å²) in [5.41, 5.74) is 1.59. The number of nitrogens with one attached hydrogen (secondary N) is 1. The highest BCUT2D eigenvalue weighted by Crippen LogP contribution is 2.32. The fourth-order valence-electron chi connectivity index (χ4n) is 2.09. The monoisotopic (exact) mass is 359 g/mol.